The van der Waals surface area contributed by atoms with Crippen molar-refractivity contribution in [3.63, 3.8) is 0 Å². The zero-order valence-corrected chi connectivity index (χ0v) is 14.2. The van der Waals surface area contributed by atoms with Gasteiger partial charge in [0.2, 0.25) is 0 Å². The van der Waals surface area contributed by atoms with Gasteiger partial charge in [-0.2, -0.15) is 0 Å². The molecule has 1 N–H and O–H groups in total. The van der Waals surface area contributed by atoms with Crippen LogP contribution in [0.2, 0.25) is 0 Å². The van der Waals surface area contributed by atoms with Gasteiger partial charge in [-0.25, -0.2) is 0 Å². The first-order chi connectivity index (χ1) is 11.7. The summed E-state index contributed by atoms with van der Waals surface area (Å²) in [6, 6.07) is 4.26. The number of hydrogen-bond acceptors (Lipinski definition) is 4. The van der Waals surface area contributed by atoms with Crippen LogP contribution in [0.25, 0.3) is 0 Å². The highest BCUT2D eigenvalue weighted by Gasteiger charge is 2.52. The number of rotatable bonds is 3. The molecule has 0 saturated heterocycles. The molecule has 0 amide bonds. The van der Waals surface area contributed by atoms with Crippen LogP contribution in [-0.4, -0.2) is 42.4 Å². The summed E-state index contributed by atoms with van der Waals surface area (Å²) in [5, 5.41) is 10.1. The van der Waals surface area contributed by atoms with Crippen molar-refractivity contribution < 1.29 is 14.6 Å². The summed E-state index contributed by atoms with van der Waals surface area (Å²) < 4.78 is 11.9. The Labute approximate surface area is 143 Å². The van der Waals surface area contributed by atoms with Crippen LogP contribution in [0.5, 0.6) is 11.5 Å². The van der Waals surface area contributed by atoms with E-state index in [4.69, 9.17) is 9.47 Å². The van der Waals surface area contributed by atoms with Crippen molar-refractivity contribution in [2.24, 2.45) is 5.92 Å². The fourth-order valence-electron chi connectivity index (χ4n) is 4.82. The van der Waals surface area contributed by atoms with Crippen LogP contribution in [0.1, 0.15) is 36.8 Å². The Morgan fingerprint density at radius 2 is 2.25 bits per heavy atom. The Bertz CT molecular complexity index is 696. The van der Waals surface area contributed by atoms with E-state index in [-0.39, 0.29) is 11.5 Å². The minimum absolute atomic E-state index is 0.0171. The van der Waals surface area contributed by atoms with Crippen LogP contribution in [0.4, 0.5) is 0 Å². The monoisotopic (exact) mass is 327 g/mol. The predicted molar refractivity (Wildman–Crippen MR) is 91.5 cm³/mol. The van der Waals surface area contributed by atoms with Gasteiger partial charge < -0.3 is 14.6 Å². The van der Waals surface area contributed by atoms with Gasteiger partial charge in [0, 0.05) is 25.1 Å². The predicted octanol–water partition coefficient (Wildman–Crippen LogP) is 2.63. The average Bonchev–Trinajstić information content (AvgIpc) is 3.34. The molecule has 4 heteroatoms. The lowest BCUT2D eigenvalue weighted by atomic mass is 9.69. The van der Waals surface area contributed by atoms with Crippen LogP contribution in [0.15, 0.2) is 24.3 Å². The first-order valence-electron chi connectivity index (χ1n) is 9.16. The minimum atomic E-state index is -0.407. The summed E-state index contributed by atoms with van der Waals surface area (Å²) in [5.41, 5.74) is 2.58. The first-order valence-corrected chi connectivity index (χ1v) is 9.16. The highest BCUT2D eigenvalue weighted by molar-refractivity contribution is 5.61. The smallest absolute Gasteiger partial charge is 0.166 e. The van der Waals surface area contributed by atoms with E-state index in [9.17, 15) is 5.11 Å². The van der Waals surface area contributed by atoms with Crippen molar-refractivity contribution in [3.8, 4) is 11.5 Å². The van der Waals surface area contributed by atoms with Crippen molar-refractivity contribution in [1.29, 1.82) is 0 Å². The van der Waals surface area contributed by atoms with E-state index in [0.717, 1.165) is 36.9 Å². The SMILES string of the molecule is COc1ccc2c3c1O[C@H]1C[C@@H](O)C=C[C@@]31CCN(CC1CC1)C2. The molecule has 0 bridgehead atoms. The molecular weight excluding hydrogens is 302 g/mol. The second kappa shape index (κ2) is 5.24. The molecule has 2 aliphatic heterocycles. The molecule has 0 aromatic heterocycles. The lowest BCUT2D eigenvalue weighted by molar-refractivity contribution is 0.0808. The van der Waals surface area contributed by atoms with Crippen molar-refractivity contribution in [3.05, 3.63) is 35.4 Å². The van der Waals surface area contributed by atoms with E-state index < -0.39 is 6.10 Å². The lowest BCUT2D eigenvalue weighted by Gasteiger charge is -2.35. The quantitative estimate of drug-likeness (QED) is 0.867. The minimum Gasteiger partial charge on any atom is -0.493 e. The Hall–Kier alpha value is -1.52. The standard InChI is InChI=1S/C20H25NO3/c1-23-16-5-4-14-12-21(11-13-2-3-13)9-8-20-7-6-15(22)10-17(20)24-19(16)18(14)20/h4-7,13,15,17,22H,2-3,8-12H2,1H3/t15-,17-,20-/m0/s1. The number of nitrogens with zero attached hydrogens (tertiary/aromatic N) is 1. The number of hydrogen-bond donors (Lipinski definition) is 1. The van der Waals surface area contributed by atoms with Crippen LogP contribution < -0.4 is 9.47 Å². The van der Waals surface area contributed by atoms with Crippen LogP contribution in [-0.2, 0) is 12.0 Å². The summed E-state index contributed by atoms with van der Waals surface area (Å²) in [6.07, 6.45) is 8.30. The van der Waals surface area contributed by atoms with Gasteiger partial charge in [0.25, 0.3) is 0 Å². The molecular formula is C20H25NO3. The van der Waals surface area contributed by atoms with Crippen molar-refractivity contribution in [2.75, 3.05) is 20.2 Å². The maximum atomic E-state index is 10.1. The molecule has 5 rings (SSSR count). The molecule has 3 atom stereocenters. The second-order valence-electron chi connectivity index (χ2n) is 7.87. The summed E-state index contributed by atoms with van der Waals surface area (Å²) in [7, 11) is 1.71. The van der Waals surface area contributed by atoms with E-state index in [0.29, 0.717) is 6.42 Å². The third-order valence-corrected chi connectivity index (χ3v) is 6.25. The molecule has 2 aliphatic carbocycles. The number of methoxy groups -OCH3 is 1. The molecule has 1 aromatic carbocycles. The van der Waals surface area contributed by atoms with Gasteiger partial charge in [0.1, 0.15) is 6.10 Å². The van der Waals surface area contributed by atoms with E-state index >= 15 is 0 Å². The first kappa shape index (κ1) is 14.8. The Kier molecular flexibility index (Phi) is 3.23. The van der Waals surface area contributed by atoms with Gasteiger partial charge >= 0.3 is 0 Å². The third-order valence-electron chi connectivity index (χ3n) is 6.25. The third kappa shape index (κ3) is 2.12. The number of aliphatic hydroxyl groups excluding tert-OH is 1. The topological polar surface area (TPSA) is 41.9 Å². The Morgan fingerprint density at radius 3 is 3.04 bits per heavy atom. The maximum absolute atomic E-state index is 10.1. The van der Waals surface area contributed by atoms with Gasteiger partial charge in [0.15, 0.2) is 11.5 Å². The molecule has 2 heterocycles. The Morgan fingerprint density at radius 1 is 1.38 bits per heavy atom. The summed E-state index contributed by atoms with van der Waals surface area (Å²) in [6.45, 7) is 3.30. The summed E-state index contributed by atoms with van der Waals surface area (Å²) in [5.74, 6) is 2.63. The van der Waals surface area contributed by atoms with Gasteiger partial charge in [0.05, 0.1) is 18.6 Å². The maximum Gasteiger partial charge on any atom is 0.166 e. The molecule has 4 nitrogen and oxygen atoms in total. The molecule has 4 aliphatic rings. The Balaban J connectivity index is 1.62. The molecule has 0 radical (unpaired) electrons. The van der Waals surface area contributed by atoms with Gasteiger partial charge in [-0.05, 0) is 43.4 Å². The number of aliphatic hydroxyl groups is 1. The van der Waals surface area contributed by atoms with E-state index in [1.807, 2.05) is 12.1 Å². The molecule has 1 spiro atoms. The van der Waals surface area contributed by atoms with E-state index in [1.54, 1.807) is 7.11 Å². The summed E-state index contributed by atoms with van der Waals surface area (Å²) >= 11 is 0. The zero-order chi connectivity index (χ0) is 16.3. The average molecular weight is 327 g/mol. The molecule has 24 heavy (non-hydrogen) atoms. The van der Waals surface area contributed by atoms with Gasteiger partial charge in [-0.15, -0.1) is 0 Å². The highest BCUT2D eigenvalue weighted by Crippen LogP contribution is 2.55. The summed E-state index contributed by atoms with van der Waals surface area (Å²) in [4.78, 5) is 2.61. The van der Waals surface area contributed by atoms with Crippen molar-refractivity contribution in [1.82, 2.24) is 4.90 Å². The molecule has 1 saturated carbocycles. The van der Waals surface area contributed by atoms with Crippen LogP contribution >= 0.6 is 0 Å². The fourth-order valence-corrected chi connectivity index (χ4v) is 4.82. The molecule has 128 valence electrons. The largest absolute Gasteiger partial charge is 0.493 e. The molecule has 1 fully saturated rings. The second-order valence-corrected chi connectivity index (χ2v) is 7.87. The van der Waals surface area contributed by atoms with E-state index in [1.165, 1.54) is 30.5 Å². The van der Waals surface area contributed by atoms with Crippen LogP contribution in [0, 0.1) is 5.92 Å². The van der Waals surface area contributed by atoms with Gasteiger partial charge in [-0.1, -0.05) is 18.2 Å². The van der Waals surface area contributed by atoms with Crippen LogP contribution in [0.3, 0.4) is 0 Å². The molecule has 1 aromatic rings. The van der Waals surface area contributed by atoms with Gasteiger partial charge in [-0.3, -0.25) is 4.90 Å². The highest BCUT2D eigenvalue weighted by atomic mass is 16.5. The van der Waals surface area contributed by atoms with Crippen molar-refractivity contribution >= 4 is 0 Å². The number of benzene rings is 1. The zero-order valence-electron chi connectivity index (χ0n) is 14.2. The number of ether oxygens (including phenoxy) is 2. The van der Waals surface area contributed by atoms with E-state index in [2.05, 4.69) is 17.0 Å². The fraction of sp³-hybridized carbons (Fsp3) is 0.600. The van der Waals surface area contributed by atoms with Crippen molar-refractivity contribution in [2.45, 2.75) is 49.9 Å². The lowest BCUT2D eigenvalue weighted by Crippen LogP contribution is -2.43. The normalized spacial score (nSPS) is 34.2. The molecule has 0 unspecified atom stereocenters.